The molecule has 2 fully saturated rings. The predicted octanol–water partition coefficient (Wildman–Crippen LogP) is 2.80. The van der Waals surface area contributed by atoms with Crippen LogP contribution in [0.4, 0.5) is 0 Å². The van der Waals surface area contributed by atoms with Crippen molar-refractivity contribution >= 4 is 11.3 Å². The molecule has 0 bridgehead atoms. The van der Waals surface area contributed by atoms with Gasteiger partial charge in [0.05, 0.1) is 10.7 Å². The molecule has 1 saturated heterocycles. The van der Waals surface area contributed by atoms with Gasteiger partial charge in [-0.1, -0.05) is 6.42 Å². The zero-order chi connectivity index (χ0) is 13.4. The minimum Gasteiger partial charge on any atom is -0.312 e. The van der Waals surface area contributed by atoms with Crippen molar-refractivity contribution in [3.05, 3.63) is 15.6 Å². The van der Waals surface area contributed by atoms with E-state index in [2.05, 4.69) is 36.4 Å². The van der Waals surface area contributed by atoms with Gasteiger partial charge in [-0.3, -0.25) is 0 Å². The van der Waals surface area contributed by atoms with Gasteiger partial charge in [0.25, 0.3) is 0 Å². The molecule has 3 rings (SSSR count). The van der Waals surface area contributed by atoms with Crippen molar-refractivity contribution < 1.29 is 0 Å². The molecule has 1 aromatic heterocycles. The quantitative estimate of drug-likeness (QED) is 0.890. The second-order valence-electron chi connectivity index (χ2n) is 6.18. The molecule has 1 aromatic rings. The van der Waals surface area contributed by atoms with Crippen molar-refractivity contribution in [3.8, 4) is 0 Å². The lowest BCUT2D eigenvalue weighted by atomic mass is 9.94. The lowest BCUT2D eigenvalue weighted by molar-refractivity contribution is 0.381. The van der Waals surface area contributed by atoms with Gasteiger partial charge in [-0.25, -0.2) is 4.98 Å². The molecule has 2 heterocycles. The SMILES string of the molecule is Cc1nc(C)c(C(C)NCC2NCC3CCCC32)s1. The van der Waals surface area contributed by atoms with Crippen LogP contribution in [0.2, 0.25) is 0 Å². The molecular formula is C15H25N3S. The van der Waals surface area contributed by atoms with Gasteiger partial charge < -0.3 is 10.6 Å². The van der Waals surface area contributed by atoms with Gasteiger partial charge in [0.15, 0.2) is 0 Å². The Kier molecular flexibility index (Phi) is 3.92. The molecule has 106 valence electrons. The highest BCUT2D eigenvalue weighted by Crippen LogP contribution is 2.37. The van der Waals surface area contributed by atoms with Crippen molar-refractivity contribution in [2.24, 2.45) is 11.8 Å². The van der Waals surface area contributed by atoms with E-state index in [-0.39, 0.29) is 0 Å². The number of rotatable bonds is 4. The predicted molar refractivity (Wildman–Crippen MR) is 80.6 cm³/mol. The number of thiazole rings is 1. The van der Waals surface area contributed by atoms with Crippen LogP contribution in [-0.2, 0) is 0 Å². The van der Waals surface area contributed by atoms with E-state index >= 15 is 0 Å². The Morgan fingerprint density at radius 3 is 3.00 bits per heavy atom. The summed E-state index contributed by atoms with van der Waals surface area (Å²) in [4.78, 5) is 5.93. The molecule has 0 radical (unpaired) electrons. The summed E-state index contributed by atoms with van der Waals surface area (Å²) in [6, 6.07) is 1.11. The second-order valence-corrected chi connectivity index (χ2v) is 7.42. The van der Waals surface area contributed by atoms with Gasteiger partial charge in [0.1, 0.15) is 0 Å². The highest BCUT2D eigenvalue weighted by atomic mass is 32.1. The van der Waals surface area contributed by atoms with Gasteiger partial charge in [-0.15, -0.1) is 11.3 Å². The topological polar surface area (TPSA) is 37.0 Å². The van der Waals surface area contributed by atoms with Crippen molar-refractivity contribution in [1.29, 1.82) is 0 Å². The number of nitrogens with zero attached hydrogens (tertiary/aromatic N) is 1. The normalized spacial score (nSPS) is 31.6. The lowest BCUT2D eigenvalue weighted by Crippen LogP contribution is -2.38. The van der Waals surface area contributed by atoms with Gasteiger partial charge in [-0.05, 0) is 52.0 Å². The van der Waals surface area contributed by atoms with Crippen LogP contribution >= 0.6 is 11.3 Å². The maximum absolute atomic E-state index is 4.53. The maximum atomic E-state index is 4.53. The third-order valence-electron chi connectivity index (χ3n) is 4.85. The zero-order valence-corrected chi connectivity index (χ0v) is 13.0. The summed E-state index contributed by atoms with van der Waals surface area (Å²) in [6.07, 6.45) is 4.31. The third-order valence-corrected chi connectivity index (χ3v) is 6.11. The molecular weight excluding hydrogens is 254 g/mol. The molecule has 4 heteroatoms. The number of aromatic nitrogens is 1. The van der Waals surface area contributed by atoms with E-state index in [1.165, 1.54) is 41.4 Å². The molecule has 4 atom stereocenters. The molecule has 19 heavy (non-hydrogen) atoms. The van der Waals surface area contributed by atoms with Crippen LogP contribution in [0, 0.1) is 25.7 Å². The number of hydrogen-bond acceptors (Lipinski definition) is 4. The van der Waals surface area contributed by atoms with Crippen LogP contribution in [-0.4, -0.2) is 24.1 Å². The van der Waals surface area contributed by atoms with E-state index in [4.69, 9.17) is 0 Å². The maximum Gasteiger partial charge on any atom is 0.0900 e. The molecule has 1 saturated carbocycles. The first-order chi connectivity index (χ1) is 9.15. The van der Waals surface area contributed by atoms with E-state index in [1.54, 1.807) is 0 Å². The monoisotopic (exact) mass is 279 g/mol. The molecule has 2 aliphatic rings. The highest BCUT2D eigenvalue weighted by molar-refractivity contribution is 7.11. The fourth-order valence-electron chi connectivity index (χ4n) is 3.87. The van der Waals surface area contributed by atoms with Crippen molar-refractivity contribution in [3.63, 3.8) is 0 Å². The van der Waals surface area contributed by atoms with Crippen LogP contribution in [0.1, 0.15) is 47.8 Å². The third kappa shape index (κ3) is 2.71. The minimum atomic E-state index is 0.424. The van der Waals surface area contributed by atoms with E-state index in [1.807, 2.05) is 11.3 Å². The smallest absolute Gasteiger partial charge is 0.0900 e. The Morgan fingerprint density at radius 2 is 2.26 bits per heavy atom. The molecule has 2 N–H and O–H groups in total. The molecule has 0 amide bonds. The number of nitrogens with one attached hydrogen (secondary N) is 2. The molecule has 1 aliphatic carbocycles. The van der Waals surface area contributed by atoms with Crippen molar-refractivity contribution in [1.82, 2.24) is 15.6 Å². The molecule has 0 aromatic carbocycles. The molecule has 3 nitrogen and oxygen atoms in total. The standard InChI is InChI=1S/C15H25N3S/c1-9(15-10(2)18-11(3)19-15)16-8-14-13-6-4-5-12(13)7-17-14/h9,12-14,16-17H,4-8H2,1-3H3. The van der Waals surface area contributed by atoms with Crippen LogP contribution in [0.25, 0.3) is 0 Å². The molecule has 1 aliphatic heterocycles. The fourth-order valence-corrected chi connectivity index (χ4v) is 4.83. The summed E-state index contributed by atoms with van der Waals surface area (Å²) in [7, 11) is 0. The van der Waals surface area contributed by atoms with Crippen LogP contribution in [0.3, 0.4) is 0 Å². The summed E-state index contributed by atoms with van der Waals surface area (Å²) in [5.74, 6) is 1.87. The van der Waals surface area contributed by atoms with Crippen LogP contribution in [0.15, 0.2) is 0 Å². The Labute approximate surface area is 120 Å². The molecule has 0 spiro atoms. The minimum absolute atomic E-state index is 0.424. The van der Waals surface area contributed by atoms with Gasteiger partial charge in [-0.2, -0.15) is 0 Å². The lowest BCUT2D eigenvalue weighted by Gasteiger charge is -2.21. The van der Waals surface area contributed by atoms with Crippen molar-refractivity contribution in [2.45, 2.75) is 52.1 Å². The average Bonchev–Trinajstić information content (AvgIpc) is 3.02. The first kappa shape index (κ1) is 13.5. The Morgan fingerprint density at radius 1 is 1.42 bits per heavy atom. The fraction of sp³-hybridized carbons (Fsp3) is 0.800. The van der Waals surface area contributed by atoms with Gasteiger partial charge in [0.2, 0.25) is 0 Å². The number of fused-ring (bicyclic) bond motifs is 1. The first-order valence-corrected chi connectivity index (χ1v) is 8.37. The number of aryl methyl sites for hydroxylation is 2. The largest absolute Gasteiger partial charge is 0.312 e. The van der Waals surface area contributed by atoms with Crippen LogP contribution in [0.5, 0.6) is 0 Å². The summed E-state index contributed by atoms with van der Waals surface area (Å²) in [5, 5.41) is 8.60. The summed E-state index contributed by atoms with van der Waals surface area (Å²) in [6.45, 7) is 8.82. The Bertz CT molecular complexity index is 443. The van der Waals surface area contributed by atoms with E-state index in [9.17, 15) is 0 Å². The number of hydrogen-bond donors (Lipinski definition) is 2. The van der Waals surface area contributed by atoms with E-state index in [0.717, 1.165) is 18.4 Å². The Hall–Kier alpha value is -0.450. The van der Waals surface area contributed by atoms with Gasteiger partial charge in [0, 0.05) is 23.5 Å². The zero-order valence-electron chi connectivity index (χ0n) is 12.2. The summed E-state index contributed by atoms with van der Waals surface area (Å²) < 4.78 is 0. The highest BCUT2D eigenvalue weighted by Gasteiger charge is 2.38. The van der Waals surface area contributed by atoms with Crippen LogP contribution < -0.4 is 10.6 Å². The van der Waals surface area contributed by atoms with E-state index < -0.39 is 0 Å². The molecule has 4 unspecified atom stereocenters. The summed E-state index contributed by atoms with van der Waals surface area (Å²) >= 11 is 1.83. The van der Waals surface area contributed by atoms with Gasteiger partial charge >= 0.3 is 0 Å². The Balaban J connectivity index is 1.56. The first-order valence-electron chi connectivity index (χ1n) is 7.56. The average molecular weight is 279 g/mol. The van der Waals surface area contributed by atoms with Crippen molar-refractivity contribution in [2.75, 3.05) is 13.1 Å². The summed E-state index contributed by atoms with van der Waals surface area (Å²) in [5.41, 5.74) is 1.20. The van der Waals surface area contributed by atoms with E-state index in [0.29, 0.717) is 12.1 Å². The second kappa shape index (κ2) is 5.51.